The highest BCUT2D eigenvalue weighted by Crippen LogP contribution is 2.15. The second kappa shape index (κ2) is 25.8. The second-order valence-electron chi connectivity index (χ2n) is 8.89. The zero-order chi connectivity index (χ0) is 32.5. The quantitative estimate of drug-likeness (QED) is 0.0451. The summed E-state index contributed by atoms with van der Waals surface area (Å²) in [5.41, 5.74) is 0. The molecule has 0 aliphatic rings. The number of ether oxygens (including phenoxy) is 9. The van der Waals surface area contributed by atoms with E-state index < -0.39 is 48.2 Å². The highest BCUT2D eigenvalue weighted by molar-refractivity contribution is 5.74. The van der Waals surface area contributed by atoms with Gasteiger partial charge in [-0.1, -0.05) is 0 Å². The molecule has 0 aliphatic heterocycles. The van der Waals surface area contributed by atoms with Crippen LogP contribution in [-0.2, 0) is 61.8 Å². The lowest BCUT2D eigenvalue weighted by atomic mass is 10.1. The fraction of sp³-hybridized carbons (Fsp3) is 0.778. The van der Waals surface area contributed by atoms with Crippen molar-refractivity contribution in [3.8, 4) is 0 Å². The van der Waals surface area contributed by atoms with Crippen molar-refractivity contribution < 1.29 is 72.0 Å². The van der Waals surface area contributed by atoms with Crippen LogP contribution in [0.5, 0.6) is 0 Å². The maximum absolute atomic E-state index is 11.9. The van der Waals surface area contributed by atoms with Gasteiger partial charge >= 0.3 is 17.9 Å². The SMILES string of the molecule is CO[C@H](COC(C)=O)[C@@H](C=C(OC(C)=O)[C@H](COCCOCCOCCOCCOC[C@H](O)CO)NC(C)=O)OC(C)=O. The van der Waals surface area contributed by atoms with Crippen molar-refractivity contribution in [2.24, 2.45) is 0 Å². The molecule has 0 aromatic rings. The van der Waals surface area contributed by atoms with Crippen molar-refractivity contribution in [3.05, 3.63) is 11.8 Å². The summed E-state index contributed by atoms with van der Waals surface area (Å²) in [6.07, 6.45) is -1.69. The Bertz CT molecular complexity index is 822. The van der Waals surface area contributed by atoms with Crippen LogP contribution >= 0.6 is 0 Å². The Morgan fingerprint density at radius 3 is 1.65 bits per heavy atom. The monoisotopic (exact) mass is 625 g/mol. The third-order valence-electron chi connectivity index (χ3n) is 5.03. The number of hydrogen-bond donors (Lipinski definition) is 3. The first-order valence-electron chi connectivity index (χ1n) is 13.7. The van der Waals surface area contributed by atoms with Crippen molar-refractivity contribution in [2.75, 3.05) is 86.4 Å². The lowest BCUT2D eigenvalue weighted by Gasteiger charge is -2.26. The smallest absolute Gasteiger partial charge is 0.307 e. The van der Waals surface area contributed by atoms with Gasteiger partial charge in [0.15, 0.2) is 6.10 Å². The van der Waals surface area contributed by atoms with Gasteiger partial charge in [-0.15, -0.1) is 0 Å². The number of carbonyl (C=O) groups is 4. The molecule has 43 heavy (non-hydrogen) atoms. The summed E-state index contributed by atoms with van der Waals surface area (Å²) in [5.74, 6) is -2.45. The first-order chi connectivity index (χ1) is 20.5. The zero-order valence-corrected chi connectivity index (χ0v) is 25.6. The second-order valence-corrected chi connectivity index (χ2v) is 8.89. The highest BCUT2D eigenvalue weighted by atomic mass is 16.6. The third-order valence-corrected chi connectivity index (χ3v) is 5.03. The van der Waals surface area contributed by atoms with Crippen molar-refractivity contribution in [1.29, 1.82) is 0 Å². The van der Waals surface area contributed by atoms with Gasteiger partial charge in [-0.2, -0.15) is 0 Å². The van der Waals surface area contributed by atoms with E-state index in [-0.39, 0.29) is 52.0 Å². The molecule has 250 valence electrons. The molecule has 0 bridgehead atoms. The molecule has 0 unspecified atom stereocenters. The molecular weight excluding hydrogens is 578 g/mol. The van der Waals surface area contributed by atoms with E-state index in [2.05, 4.69) is 5.32 Å². The van der Waals surface area contributed by atoms with E-state index in [0.717, 1.165) is 6.92 Å². The van der Waals surface area contributed by atoms with Gasteiger partial charge in [0.2, 0.25) is 5.91 Å². The number of aliphatic hydroxyl groups is 2. The number of amides is 1. The van der Waals surface area contributed by atoms with Gasteiger partial charge in [0.25, 0.3) is 0 Å². The molecule has 0 aromatic heterocycles. The van der Waals surface area contributed by atoms with Crippen LogP contribution in [0.25, 0.3) is 0 Å². The van der Waals surface area contributed by atoms with E-state index in [4.69, 9.17) is 52.8 Å². The highest BCUT2D eigenvalue weighted by Gasteiger charge is 2.28. The van der Waals surface area contributed by atoms with Crippen LogP contribution < -0.4 is 5.32 Å². The van der Waals surface area contributed by atoms with Crippen LogP contribution in [0, 0.1) is 0 Å². The van der Waals surface area contributed by atoms with E-state index in [9.17, 15) is 19.2 Å². The summed E-state index contributed by atoms with van der Waals surface area (Å²) < 4.78 is 47.8. The van der Waals surface area contributed by atoms with Crippen LogP contribution in [-0.4, -0.2) is 145 Å². The molecule has 0 rings (SSSR count). The molecule has 0 saturated heterocycles. The van der Waals surface area contributed by atoms with Crippen LogP contribution in [0.1, 0.15) is 27.7 Å². The molecule has 3 N–H and O–H groups in total. The van der Waals surface area contributed by atoms with Crippen LogP contribution in [0.2, 0.25) is 0 Å². The van der Waals surface area contributed by atoms with Crippen molar-refractivity contribution in [1.82, 2.24) is 5.32 Å². The van der Waals surface area contributed by atoms with Gasteiger partial charge < -0.3 is 58.2 Å². The summed E-state index contributed by atoms with van der Waals surface area (Å²) in [4.78, 5) is 46.8. The fourth-order valence-electron chi connectivity index (χ4n) is 3.15. The lowest BCUT2D eigenvalue weighted by Crippen LogP contribution is -2.42. The van der Waals surface area contributed by atoms with Crippen molar-refractivity contribution in [2.45, 2.75) is 52.0 Å². The largest absolute Gasteiger partial charge is 0.463 e. The lowest BCUT2D eigenvalue weighted by molar-refractivity contribution is -0.156. The number of aliphatic hydroxyl groups excluding tert-OH is 2. The van der Waals surface area contributed by atoms with Gasteiger partial charge in [-0.3, -0.25) is 19.2 Å². The molecule has 0 heterocycles. The number of nitrogens with one attached hydrogen (secondary N) is 1. The van der Waals surface area contributed by atoms with Gasteiger partial charge in [-0.05, 0) is 6.08 Å². The van der Waals surface area contributed by atoms with E-state index >= 15 is 0 Å². The van der Waals surface area contributed by atoms with Gasteiger partial charge in [0.1, 0.15) is 30.6 Å². The van der Waals surface area contributed by atoms with E-state index in [1.807, 2.05) is 0 Å². The molecule has 0 aromatic carbocycles. The number of methoxy groups -OCH3 is 1. The molecular formula is C27H47NO15. The Labute approximate surface area is 251 Å². The molecule has 4 atom stereocenters. The minimum absolute atomic E-state index is 0.0414. The number of rotatable bonds is 26. The molecule has 0 fully saturated rings. The van der Waals surface area contributed by atoms with Crippen molar-refractivity contribution in [3.63, 3.8) is 0 Å². The average molecular weight is 626 g/mol. The molecule has 0 radical (unpaired) electrons. The summed E-state index contributed by atoms with van der Waals surface area (Å²) in [6, 6.07) is -0.945. The van der Waals surface area contributed by atoms with Crippen LogP contribution in [0.3, 0.4) is 0 Å². The maximum atomic E-state index is 11.9. The Morgan fingerprint density at radius 2 is 1.23 bits per heavy atom. The minimum Gasteiger partial charge on any atom is -0.463 e. The Hall–Kier alpha value is -2.70. The normalized spacial score (nSPS) is 14.3. The number of hydrogen-bond acceptors (Lipinski definition) is 15. The first kappa shape index (κ1) is 40.3. The van der Waals surface area contributed by atoms with Gasteiger partial charge in [0, 0.05) is 34.8 Å². The molecule has 0 saturated carbocycles. The third kappa shape index (κ3) is 23.4. The first-order valence-corrected chi connectivity index (χ1v) is 13.7. The Kier molecular flexibility index (Phi) is 24.1. The van der Waals surface area contributed by atoms with Gasteiger partial charge in [0.05, 0.1) is 72.7 Å². The number of carbonyl (C=O) groups excluding carboxylic acids is 4. The molecule has 16 nitrogen and oxygen atoms in total. The number of esters is 3. The topological polar surface area (TPSA) is 204 Å². The summed E-state index contributed by atoms with van der Waals surface area (Å²) >= 11 is 0. The maximum Gasteiger partial charge on any atom is 0.307 e. The standard InChI is InChI=1S/C27H47NO15/c1-19(30)28-24(17-40-13-11-38-9-7-36-6-8-37-10-12-39-16-23(34)15-29)25(42-21(3)32)14-26(43-22(4)33)27(35-5)18-41-20(2)31/h14,23-24,26-27,29,34H,6-13,15-18H2,1-5H3,(H,28,30)/t23-,24+,26-,27-/m1/s1. The molecule has 0 spiro atoms. The van der Waals surface area contributed by atoms with E-state index in [1.54, 1.807) is 0 Å². The van der Waals surface area contributed by atoms with Crippen LogP contribution in [0.15, 0.2) is 11.8 Å². The predicted molar refractivity (Wildman–Crippen MR) is 148 cm³/mol. The van der Waals surface area contributed by atoms with Crippen molar-refractivity contribution >= 4 is 23.8 Å². The summed E-state index contributed by atoms with van der Waals surface area (Å²) in [6.45, 7) is 6.41. The molecule has 1 amide bonds. The molecule has 0 aliphatic carbocycles. The average Bonchev–Trinajstić information content (AvgIpc) is 2.93. The Balaban J connectivity index is 4.76. The van der Waals surface area contributed by atoms with Gasteiger partial charge in [-0.25, -0.2) is 0 Å². The van der Waals surface area contributed by atoms with E-state index in [1.165, 1.54) is 34.0 Å². The van der Waals surface area contributed by atoms with E-state index in [0.29, 0.717) is 33.0 Å². The fourth-order valence-corrected chi connectivity index (χ4v) is 3.15. The predicted octanol–water partition coefficient (Wildman–Crippen LogP) is -1.12. The summed E-state index contributed by atoms with van der Waals surface area (Å²) in [5, 5.41) is 20.4. The minimum atomic E-state index is -1.14. The molecule has 16 heteroatoms. The Morgan fingerprint density at radius 1 is 0.721 bits per heavy atom. The van der Waals surface area contributed by atoms with Crippen LogP contribution in [0.4, 0.5) is 0 Å². The zero-order valence-electron chi connectivity index (χ0n) is 25.6. The summed E-state index contributed by atoms with van der Waals surface area (Å²) in [7, 11) is 1.32.